The maximum atomic E-state index is 13.7. The monoisotopic (exact) mass is 540 g/mol. The topological polar surface area (TPSA) is 87.8 Å². The van der Waals surface area contributed by atoms with Crippen molar-refractivity contribution in [3.05, 3.63) is 65.0 Å². The highest BCUT2D eigenvalue weighted by Gasteiger charge is 2.43. The van der Waals surface area contributed by atoms with Crippen LogP contribution >= 0.6 is 0 Å². The molecule has 0 aliphatic carbocycles. The molecule has 1 aromatic heterocycles. The quantitative estimate of drug-likeness (QED) is 0.488. The van der Waals surface area contributed by atoms with Gasteiger partial charge in [0.2, 0.25) is 0 Å². The zero-order valence-electron chi connectivity index (χ0n) is 20.2. The standard InChI is InChI=1S/C25H26F6N6O/c26-23(27,28)15-3-5-17(6-4-15)34-21-18-7-11-37(22-19(24(29,30)31)2-1-10-33-22)12-8-20(18)35-25(32,36-21)16-9-13-38-14-16/h1-6,10,16,35H,7-9,11-14,32H2,(H,34,36). The lowest BCUT2D eigenvalue weighted by molar-refractivity contribution is -0.138. The molecule has 5 rings (SSSR count). The predicted molar refractivity (Wildman–Crippen MR) is 129 cm³/mol. The summed E-state index contributed by atoms with van der Waals surface area (Å²) >= 11 is 0. The van der Waals surface area contributed by atoms with Gasteiger partial charge in [-0.05, 0) is 49.2 Å². The minimum Gasteiger partial charge on any atom is -0.381 e. The van der Waals surface area contributed by atoms with E-state index in [0.717, 1.165) is 23.9 Å². The van der Waals surface area contributed by atoms with Crippen LogP contribution in [-0.4, -0.2) is 42.9 Å². The molecule has 2 aromatic rings. The van der Waals surface area contributed by atoms with Crippen molar-refractivity contribution < 1.29 is 31.1 Å². The summed E-state index contributed by atoms with van der Waals surface area (Å²) in [6, 6.07) is 6.79. The van der Waals surface area contributed by atoms with Gasteiger partial charge in [-0.2, -0.15) is 26.3 Å². The number of nitrogens with zero attached hydrogens (tertiary/aromatic N) is 3. The molecular weight excluding hydrogens is 514 g/mol. The number of anilines is 2. The third-order valence-electron chi connectivity index (χ3n) is 6.98. The van der Waals surface area contributed by atoms with E-state index in [9.17, 15) is 26.3 Å². The summed E-state index contributed by atoms with van der Waals surface area (Å²) in [4.78, 5) is 10.3. The van der Waals surface area contributed by atoms with Crippen LogP contribution in [0.4, 0.5) is 37.8 Å². The van der Waals surface area contributed by atoms with Gasteiger partial charge in [0, 0.05) is 55.2 Å². The Morgan fingerprint density at radius 2 is 1.76 bits per heavy atom. The van der Waals surface area contributed by atoms with Crippen molar-refractivity contribution in [2.75, 3.05) is 36.5 Å². The van der Waals surface area contributed by atoms with E-state index in [1.54, 1.807) is 4.90 Å². The molecule has 0 bridgehead atoms. The fraction of sp³-hybridized carbons (Fsp3) is 0.440. The van der Waals surface area contributed by atoms with Gasteiger partial charge >= 0.3 is 12.4 Å². The molecule has 1 fully saturated rings. The van der Waals surface area contributed by atoms with E-state index in [4.69, 9.17) is 15.5 Å². The van der Waals surface area contributed by atoms with Gasteiger partial charge in [-0.25, -0.2) is 9.98 Å². The maximum absolute atomic E-state index is 13.7. The Hall–Kier alpha value is -3.32. The van der Waals surface area contributed by atoms with Crippen LogP contribution in [0, 0.1) is 5.92 Å². The van der Waals surface area contributed by atoms with Gasteiger partial charge < -0.3 is 20.3 Å². The van der Waals surface area contributed by atoms with Crippen molar-refractivity contribution in [2.45, 2.75) is 37.4 Å². The van der Waals surface area contributed by atoms with Crippen molar-refractivity contribution in [2.24, 2.45) is 16.6 Å². The Kier molecular flexibility index (Phi) is 6.76. The molecule has 13 heteroatoms. The predicted octanol–water partition coefficient (Wildman–Crippen LogP) is 4.74. The molecule has 0 saturated carbocycles. The molecule has 7 nitrogen and oxygen atoms in total. The number of benzene rings is 1. The highest BCUT2D eigenvalue weighted by Crippen LogP contribution is 2.38. The number of nitrogens with two attached hydrogens (primary N) is 1. The number of aromatic nitrogens is 1. The Balaban J connectivity index is 1.45. The molecule has 2 atom stereocenters. The lowest BCUT2D eigenvalue weighted by atomic mass is 9.95. The van der Waals surface area contributed by atoms with Crippen LogP contribution in [0.2, 0.25) is 0 Å². The third kappa shape index (κ3) is 5.30. The first-order chi connectivity index (χ1) is 17.9. The number of pyridine rings is 1. The van der Waals surface area contributed by atoms with Crippen LogP contribution in [0.1, 0.15) is 30.4 Å². The Labute approximate surface area is 214 Å². The molecule has 3 aliphatic heterocycles. The average molecular weight is 541 g/mol. The zero-order valence-corrected chi connectivity index (χ0v) is 20.2. The highest BCUT2D eigenvalue weighted by molar-refractivity contribution is 6.09. The van der Waals surface area contributed by atoms with E-state index in [1.807, 2.05) is 0 Å². The molecule has 4 heterocycles. The van der Waals surface area contributed by atoms with Crippen LogP contribution in [-0.2, 0) is 17.1 Å². The van der Waals surface area contributed by atoms with Crippen molar-refractivity contribution in [3.63, 3.8) is 0 Å². The molecule has 204 valence electrons. The van der Waals surface area contributed by atoms with E-state index in [2.05, 4.69) is 15.6 Å². The second-order valence-corrected chi connectivity index (χ2v) is 9.49. The van der Waals surface area contributed by atoms with Crippen molar-refractivity contribution >= 4 is 17.3 Å². The summed E-state index contributed by atoms with van der Waals surface area (Å²) < 4.78 is 85.6. The minimum atomic E-state index is -4.56. The highest BCUT2D eigenvalue weighted by atomic mass is 19.4. The summed E-state index contributed by atoms with van der Waals surface area (Å²) in [5.74, 6) is -1.21. The summed E-state index contributed by atoms with van der Waals surface area (Å²) in [5.41, 5.74) is 6.89. The van der Waals surface area contributed by atoms with Crippen molar-refractivity contribution in [1.29, 1.82) is 0 Å². The van der Waals surface area contributed by atoms with Gasteiger partial charge in [0.1, 0.15) is 11.7 Å². The Morgan fingerprint density at radius 1 is 1.03 bits per heavy atom. The summed E-state index contributed by atoms with van der Waals surface area (Å²) in [7, 11) is 0. The number of alkyl halides is 6. The van der Waals surface area contributed by atoms with Crippen LogP contribution in [0.15, 0.2) is 58.9 Å². The van der Waals surface area contributed by atoms with Gasteiger partial charge in [-0.15, -0.1) is 0 Å². The third-order valence-corrected chi connectivity index (χ3v) is 6.98. The molecule has 3 aliphatic rings. The average Bonchev–Trinajstić information content (AvgIpc) is 3.33. The van der Waals surface area contributed by atoms with Gasteiger partial charge in [0.25, 0.3) is 0 Å². The first-order valence-corrected chi connectivity index (χ1v) is 12.1. The van der Waals surface area contributed by atoms with Gasteiger partial charge in [0.05, 0.1) is 17.7 Å². The normalized spacial score (nSPS) is 24.4. The van der Waals surface area contributed by atoms with Crippen LogP contribution < -0.4 is 21.3 Å². The number of halogens is 6. The first kappa shape index (κ1) is 26.3. The van der Waals surface area contributed by atoms with Crippen LogP contribution in [0.5, 0.6) is 0 Å². The SMILES string of the molecule is NC1(C2CCOC2)N=C(Nc2ccc(C(F)(F)F)cc2)C2=C(CCN(c3ncccc3C(F)(F)F)CC2)N1. The number of nitrogens with one attached hydrogen (secondary N) is 2. The minimum absolute atomic E-state index is 0.155. The second-order valence-electron chi connectivity index (χ2n) is 9.49. The smallest absolute Gasteiger partial charge is 0.381 e. The van der Waals surface area contributed by atoms with E-state index in [0.29, 0.717) is 49.6 Å². The Morgan fingerprint density at radius 3 is 2.42 bits per heavy atom. The molecule has 0 spiro atoms. The number of ether oxygens (including phenoxy) is 1. The number of amidine groups is 1. The first-order valence-electron chi connectivity index (χ1n) is 12.1. The number of aliphatic imine (C=N–C) groups is 1. The molecule has 0 amide bonds. The summed E-state index contributed by atoms with van der Waals surface area (Å²) in [5, 5.41) is 6.41. The zero-order chi connectivity index (χ0) is 27.1. The number of rotatable bonds is 3. The van der Waals surface area contributed by atoms with E-state index in [1.165, 1.54) is 24.4 Å². The molecule has 1 saturated heterocycles. The Bertz CT molecular complexity index is 1240. The van der Waals surface area contributed by atoms with E-state index < -0.39 is 29.3 Å². The number of hydrogen-bond donors (Lipinski definition) is 3. The molecule has 4 N–H and O–H groups in total. The van der Waals surface area contributed by atoms with Gasteiger partial charge in [-0.3, -0.25) is 5.73 Å². The molecular formula is C25H26F6N6O. The number of hydrogen-bond acceptors (Lipinski definition) is 7. The molecule has 2 unspecified atom stereocenters. The van der Waals surface area contributed by atoms with E-state index >= 15 is 0 Å². The van der Waals surface area contributed by atoms with E-state index in [-0.39, 0.29) is 24.8 Å². The fourth-order valence-electron chi connectivity index (χ4n) is 4.97. The second kappa shape index (κ2) is 9.77. The van der Waals surface area contributed by atoms with Gasteiger partial charge in [0.15, 0.2) is 5.79 Å². The summed E-state index contributed by atoms with van der Waals surface area (Å²) in [6.45, 7) is 1.36. The van der Waals surface area contributed by atoms with Crippen LogP contribution in [0.3, 0.4) is 0 Å². The van der Waals surface area contributed by atoms with Crippen LogP contribution in [0.25, 0.3) is 0 Å². The lowest BCUT2D eigenvalue weighted by Crippen LogP contribution is -2.60. The maximum Gasteiger partial charge on any atom is 0.419 e. The summed E-state index contributed by atoms with van der Waals surface area (Å²) in [6.07, 6.45) is -6.42. The molecule has 38 heavy (non-hydrogen) atoms. The van der Waals surface area contributed by atoms with Crippen molar-refractivity contribution in [1.82, 2.24) is 10.3 Å². The molecule has 0 radical (unpaired) electrons. The fourth-order valence-corrected chi connectivity index (χ4v) is 4.97. The lowest BCUT2D eigenvalue weighted by Gasteiger charge is -2.38. The molecule has 1 aromatic carbocycles. The van der Waals surface area contributed by atoms with Gasteiger partial charge in [-0.1, -0.05) is 0 Å². The largest absolute Gasteiger partial charge is 0.419 e. The van der Waals surface area contributed by atoms with Crippen molar-refractivity contribution in [3.8, 4) is 0 Å².